The number of likely N-dealkylation sites (tertiary alicyclic amines) is 1. The molecule has 1 saturated heterocycles. The second-order valence-electron chi connectivity index (χ2n) is 6.83. The highest BCUT2D eigenvalue weighted by Crippen LogP contribution is 2.25. The molecule has 2 amide bonds. The number of nitrogens with zero attached hydrogens (tertiary/aromatic N) is 1. The molecule has 1 aliphatic heterocycles. The summed E-state index contributed by atoms with van der Waals surface area (Å²) < 4.78 is 44.9. The summed E-state index contributed by atoms with van der Waals surface area (Å²) in [5.41, 5.74) is 0.580. The van der Waals surface area contributed by atoms with Gasteiger partial charge in [0, 0.05) is 37.1 Å². The maximum atomic E-state index is 13.7. The Hall–Kier alpha value is -2.78. The minimum Gasteiger partial charge on any atom is -0.407 e. The third kappa shape index (κ3) is 5.22. The van der Waals surface area contributed by atoms with E-state index in [-0.39, 0.29) is 43.1 Å². The van der Waals surface area contributed by atoms with Crippen LogP contribution in [0, 0.1) is 17.5 Å². The monoisotopic (exact) mass is 442 g/mol. The lowest BCUT2D eigenvalue weighted by Crippen LogP contribution is -2.46. The first-order valence-corrected chi connectivity index (χ1v) is 9.41. The van der Waals surface area contributed by atoms with Crippen molar-refractivity contribution in [2.45, 2.75) is 25.2 Å². The number of hydrogen-bond donors (Lipinski definition) is 2. The van der Waals surface area contributed by atoms with Gasteiger partial charge in [-0.2, -0.15) is 0 Å². The van der Waals surface area contributed by atoms with Gasteiger partial charge in [-0.25, -0.2) is 18.0 Å². The van der Waals surface area contributed by atoms with E-state index >= 15 is 0 Å². The second-order valence-corrected chi connectivity index (χ2v) is 7.27. The molecule has 0 aliphatic carbocycles. The van der Waals surface area contributed by atoms with E-state index in [4.69, 9.17) is 16.3 Å². The number of carbonyl (C=O) groups excluding carboxylic acids is 2. The zero-order chi connectivity index (χ0) is 21.9. The Kier molecular flexibility index (Phi) is 6.52. The Morgan fingerprint density at radius 3 is 2.67 bits per heavy atom. The van der Waals surface area contributed by atoms with Gasteiger partial charge in [0.05, 0.1) is 0 Å². The average Bonchev–Trinajstić information content (AvgIpc) is 2.93. The summed E-state index contributed by atoms with van der Waals surface area (Å²) in [6.45, 7) is 0.00946. The van der Waals surface area contributed by atoms with Crippen LogP contribution < -0.4 is 5.32 Å². The summed E-state index contributed by atoms with van der Waals surface area (Å²) in [7, 11) is 0. The lowest BCUT2D eigenvalue weighted by Gasteiger charge is -2.22. The average molecular weight is 443 g/mol. The van der Waals surface area contributed by atoms with Crippen LogP contribution >= 0.6 is 11.6 Å². The molecule has 10 heteroatoms. The minimum absolute atomic E-state index is 0.0520. The molecule has 2 N–H and O–H groups in total. The van der Waals surface area contributed by atoms with Crippen molar-refractivity contribution in [1.82, 2.24) is 10.2 Å². The van der Waals surface area contributed by atoms with E-state index in [9.17, 15) is 27.9 Å². The molecule has 2 aromatic rings. The third-order valence-corrected chi connectivity index (χ3v) is 4.85. The molecule has 1 unspecified atom stereocenters. The number of rotatable bonds is 6. The molecule has 1 heterocycles. The van der Waals surface area contributed by atoms with Crippen LogP contribution in [-0.4, -0.2) is 40.9 Å². The Morgan fingerprint density at radius 1 is 1.20 bits per heavy atom. The molecule has 0 spiro atoms. The van der Waals surface area contributed by atoms with Crippen LogP contribution in [0.2, 0.25) is 5.02 Å². The van der Waals surface area contributed by atoms with Crippen molar-refractivity contribution in [1.29, 1.82) is 0 Å². The van der Waals surface area contributed by atoms with Gasteiger partial charge in [0.1, 0.15) is 17.5 Å². The van der Waals surface area contributed by atoms with Gasteiger partial charge in [-0.15, -0.1) is 0 Å². The van der Waals surface area contributed by atoms with Gasteiger partial charge < -0.3 is 20.1 Å². The normalized spacial score (nSPS) is 18.6. The lowest BCUT2D eigenvalue weighted by molar-refractivity contribution is -0.182. The number of hydrogen-bond acceptors (Lipinski definition) is 4. The van der Waals surface area contributed by atoms with Gasteiger partial charge in [0.25, 0.3) is 11.7 Å². The molecule has 6 nitrogen and oxygen atoms in total. The quantitative estimate of drug-likeness (QED) is 0.674. The summed E-state index contributed by atoms with van der Waals surface area (Å²) >= 11 is 5.74. The Labute approximate surface area is 175 Å². The van der Waals surface area contributed by atoms with Crippen LogP contribution in [0.4, 0.5) is 18.0 Å². The molecule has 0 aromatic heterocycles. The van der Waals surface area contributed by atoms with Gasteiger partial charge in [-0.05, 0) is 41.8 Å². The number of amides is 2. The van der Waals surface area contributed by atoms with Crippen LogP contribution in [-0.2, 0) is 22.5 Å². The van der Waals surface area contributed by atoms with E-state index < -0.39 is 35.2 Å². The molecule has 0 saturated carbocycles. The largest absolute Gasteiger partial charge is 0.410 e. The van der Waals surface area contributed by atoms with Gasteiger partial charge >= 0.3 is 6.09 Å². The highest BCUT2D eigenvalue weighted by Gasteiger charge is 2.48. The predicted molar refractivity (Wildman–Crippen MR) is 101 cm³/mol. The number of halogens is 4. The van der Waals surface area contributed by atoms with Crippen LogP contribution in [0.25, 0.3) is 0 Å². The molecule has 1 aliphatic rings. The Morgan fingerprint density at radius 2 is 1.97 bits per heavy atom. The molecule has 160 valence electrons. The van der Waals surface area contributed by atoms with Gasteiger partial charge in [0.15, 0.2) is 0 Å². The number of ether oxygens (including phenoxy) is 1. The van der Waals surface area contributed by atoms with Crippen molar-refractivity contribution in [3.8, 4) is 0 Å². The van der Waals surface area contributed by atoms with E-state index in [0.29, 0.717) is 5.56 Å². The van der Waals surface area contributed by atoms with Gasteiger partial charge in [-0.1, -0.05) is 17.7 Å². The van der Waals surface area contributed by atoms with Gasteiger partial charge in [0.2, 0.25) is 0 Å². The zero-order valence-electron chi connectivity index (χ0n) is 15.6. The second kappa shape index (κ2) is 8.93. The van der Waals surface area contributed by atoms with Crippen LogP contribution in [0.1, 0.15) is 17.5 Å². The molecule has 1 fully saturated rings. The Bertz CT molecular complexity index is 955. The fourth-order valence-electron chi connectivity index (χ4n) is 3.11. The molecule has 0 bridgehead atoms. The molecular formula is C20H18ClF3N2O4. The van der Waals surface area contributed by atoms with E-state index in [2.05, 4.69) is 5.32 Å². The fourth-order valence-corrected chi connectivity index (χ4v) is 3.35. The molecule has 0 radical (unpaired) electrons. The predicted octanol–water partition coefficient (Wildman–Crippen LogP) is 3.15. The number of benzene rings is 2. The van der Waals surface area contributed by atoms with Crippen molar-refractivity contribution in [3.63, 3.8) is 0 Å². The van der Waals surface area contributed by atoms with E-state index in [1.807, 2.05) is 0 Å². The molecular weight excluding hydrogens is 425 g/mol. The number of aliphatic hydroxyl groups is 1. The first-order valence-electron chi connectivity index (χ1n) is 9.04. The Balaban J connectivity index is 1.53. The highest BCUT2D eigenvalue weighted by atomic mass is 35.5. The number of alkyl carbamates (subject to hydrolysis) is 1. The van der Waals surface area contributed by atoms with Crippen molar-refractivity contribution in [2.24, 2.45) is 0 Å². The van der Waals surface area contributed by atoms with E-state index in [0.717, 1.165) is 24.3 Å². The first kappa shape index (κ1) is 21.9. The topological polar surface area (TPSA) is 78.9 Å². The summed E-state index contributed by atoms with van der Waals surface area (Å²) in [5, 5.41) is 12.9. The fraction of sp³-hybridized carbons (Fsp3) is 0.300. The standard InChI is InChI=1S/C20H18ClF3N2O4/c21-14-7-12(8-16(23)9-14)11-25-19(28)30-20(29)4-6-26(18(20)27)5-3-13-1-2-15(22)10-17(13)24/h1-2,7-10,29H,3-6,11H2,(H,25,28). The van der Waals surface area contributed by atoms with Crippen molar-refractivity contribution < 1.29 is 32.6 Å². The third-order valence-electron chi connectivity index (χ3n) is 4.63. The molecule has 2 aromatic carbocycles. The zero-order valence-corrected chi connectivity index (χ0v) is 16.4. The van der Waals surface area contributed by atoms with Crippen molar-refractivity contribution in [2.75, 3.05) is 13.1 Å². The minimum atomic E-state index is -2.36. The summed E-state index contributed by atoms with van der Waals surface area (Å²) in [6.07, 6.45) is -1.14. The van der Waals surface area contributed by atoms with Crippen LogP contribution in [0.3, 0.4) is 0 Å². The summed E-state index contributed by atoms with van der Waals surface area (Å²) in [5.74, 6) is -5.21. The van der Waals surface area contributed by atoms with Crippen molar-refractivity contribution in [3.05, 3.63) is 70.0 Å². The van der Waals surface area contributed by atoms with Crippen LogP contribution in [0.5, 0.6) is 0 Å². The van der Waals surface area contributed by atoms with Crippen LogP contribution in [0.15, 0.2) is 36.4 Å². The lowest BCUT2D eigenvalue weighted by atomic mass is 10.1. The van der Waals surface area contributed by atoms with E-state index in [1.54, 1.807) is 0 Å². The summed E-state index contributed by atoms with van der Waals surface area (Å²) in [6, 6.07) is 6.85. The number of carbonyl (C=O) groups is 2. The van der Waals surface area contributed by atoms with Crippen molar-refractivity contribution >= 4 is 23.6 Å². The number of nitrogens with one attached hydrogen (secondary N) is 1. The molecule has 3 rings (SSSR count). The summed E-state index contributed by atoms with van der Waals surface area (Å²) in [4.78, 5) is 25.6. The SMILES string of the molecule is O=C(NCc1cc(F)cc(Cl)c1)OC1(O)CCN(CCc2ccc(F)cc2F)C1=O. The smallest absolute Gasteiger partial charge is 0.407 e. The maximum absolute atomic E-state index is 13.7. The molecule has 30 heavy (non-hydrogen) atoms. The maximum Gasteiger partial charge on any atom is 0.410 e. The highest BCUT2D eigenvalue weighted by molar-refractivity contribution is 6.30. The van der Waals surface area contributed by atoms with Gasteiger partial charge in [-0.3, -0.25) is 4.79 Å². The van der Waals surface area contributed by atoms with E-state index in [1.165, 1.54) is 17.0 Å². The molecule has 1 atom stereocenters. The first-order chi connectivity index (χ1) is 14.2.